The first-order chi connectivity index (χ1) is 3.13. The van der Waals surface area contributed by atoms with E-state index >= 15 is 0 Å². The molecule has 0 aliphatic rings. The summed E-state index contributed by atoms with van der Waals surface area (Å²) < 4.78 is -0.148. The van der Waals surface area contributed by atoms with E-state index in [1.807, 2.05) is 0 Å². The summed E-state index contributed by atoms with van der Waals surface area (Å²) in [6.07, 6.45) is 1.53. The molecule has 4 N–H and O–H groups in total. The maximum atomic E-state index is 5.03. The van der Waals surface area contributed by atoms with Crippen molar-refractivity contribution in [1.29, 1.82) is 0 Å². The Morgan fingerprint density at radius 2 is 1.86 bits per heavy atom. The Hall–Kier alpha value is 0.0400. The number of hydrogen-bond donors (Lipinski definition) is 4. The smallest absolute Gasteiger partial charge is 0.0911 e. The van der Waals surface area contributed by atoms with Crippen LogP contribution in [0.15, 0.2) is 11.9 Å². The molecule has 0 saturated carbocycles. The third-order valence-corrected chi connectivity index (χ3v) is 0.640. The van der Waals surface area contributed by atoms with Gasteiger partial charge in [-0.3, -0.25) is 0 Å². The quantitative estimate of drug-likeness (QED) is 0.301. The standard InChI is InChI=1S/C3H8N2S2/c4-2(5)1-3(6)7/h1,3,6-7H,4-5H2. The lowest BCUT2D eigenvalue weighted by atomic mass is 10.6. The van der Waals surface area contributed by atoms with Crippen molar-refractivity contribution in [2.45, 2.75) is 4.58 Å². The van der Waals surface area contributed by atoms with Crippen LogP contribution >= 0.6 is 25.3 Å². The Morgan fingerprint density at radius 1 is 1.43 bits per heavy atom. The zero-order valence-corrected chi connectivity index (χ0v) is 5.49. The number of thiol groups is 2. The molecule has 0 aromatic heterocycles. The van der Waals surface area contributed by atoms with Crippen LogP contribution < -0.4 is 11.5 Å². The second-order valence-electron chi connectivity index (χ2n) is 1.08. The highest BCUT2D eigenvalue weighted by atomic mass is 32.2. The summed E-state index contributed by atoms with van der Waals surface area (Å²) >= 11 is 7.73. The van der Waals surface area contributed by atoms with E-state index in [0.29, 0.717) is 0 Å². The molecule has 0 aliphatic carbocycles. The number of hydrogen-bond acceptors (Lipinski definition) is 4. The predicted octanol–water partition coefficient (Wildman–Crippen LogP) is -0.0691. The van der Waals surface area contributed by atoms with E-state index in [4.69, 9.17) is 11.5 Å². The number of rotatable bonds is 1. The van der Waals surface area contributed by atoms with Gasteiger partial charge in [-0.2, -0.15) is 25.3 Å². The van der Waals surface area contributed by atoms with E-state index in [9.17, 15) is 0 Å². The van der Waals surface area contributed by atoms with Crippen LogP contribution in [0.5, 0.6) is 0 Å². The van der Waals surface area contributed by atoms with Crippen LogP contribution in [-0.2, 0) is 0 Å². The molecule has 0 heterocycles. The molecule has 7 heavy (non-hydrogen) atoms. The Bertz CT molecular complexity index is 75.0. The Morgan fingerprint density at radius 3 is 1.86 bits per heavy atom. The predicted molar refractivity (Wildman–Crippen MR) is 38.2 cm³/mol. The molecule has 0 spiro atoms. The van der Waals surface area contributed by atoms with E-state index in [2.05, 4.69) is 25.3 Å². The van der Waals surface area contributed by atoms with Gasteiger partial charge in [0.1, 0.15) is 0 Å². The summed E-state index contributed by atoms with van der Waals surface area (Å²) in [5.74, 6) is 0.259. The molecule has 0 atom stereocenters. The minimum absolute atomic E-state index is 0.148. The van der Waals surface area contributed by atoms with Gasteiger partial charge in [-0.05, 0) is 6.08 Å². The second kappa shape index (κ2) is 3.10. The topological polar surface area (TPSA) is 52.0 Å². The van der Waals surface area contributed by atoms with Gasteiger partial charge in [0.2, 0.25) is 0 Å². The van der Waals surface area contributed by atoms with Gasteiger partial charge >= 0.3 is 0 Å². The zero-order valence-electron chi connectivity index (χ0n) is 3.70. The lowest BCUT2D eigenvalue weighted by Gasteiger charge is -1.92. The normalized spacial score (nSPS) is 9.00. The molecule has 4 heteroatoms. The third kappa shape index (κ3) is 6.04. The molecular formula is C3H8N2S2. The van der Waals surface area contributed by atoms with Gasteiger partial charge in [-0.15, -0.1) is 0 Å². The van der Waals surface area contributed by atoms with Crippen molar-refractivity contribution < 1.29 is 0 Å². The van der Waals surface area contributed by atoms with Crippen LogP contribution in [-0.4, -0.2) is 4.58 Å². The highest BCUT2D eigenvalue weighted by molar-refractivity contribution is 7.99. The first-order valence-corrected chi connectivity index (χ1v) is 2.75. The maximum absolute atomic E-state index is 5.03. The van der Waals surface area contributed by atoms with E-state index < -0.39 is 0 Å². The Labute approximate surface area is 53.8 Å². The van der Waals surface area contributed by atoms with Crippen molar-refractivity contribution in [3.05, 3.63) is 11.9 Å². The third-order valence-electron chi connectivity index (χ3n) is 0.342. The van der Waals surface area contributed by atoms with Gasteiger partial charge in [-0.25, -0.2) is 0 Å². The lowest BCUT2D eigenvalue weighted by Crippen LogP contribution is -2.08. The van der Waals surface area contributed by atoms with Crippen molar-refractivity contribution in [3.63, 3.8) is 0 Å². The summed E-state index contributed by atoms with van der Waals surface area (Å²) in [5.41, 5.74) is 10.1. The lowest BCUT2D eigenvalue weighted by molar-refractivity contribution is 1.23. The molecule has 0 rings (SSSR count). The molecule has 0 aromatic rings. The molecule has 0 aliphatic heterocycles. The van der Waals surface area contributed by atoms with Crippen LogP contribution in [0.4, 0.5) is 0 Å². The summed E-state index contributed by atoms with van der Waals surface area (Å²) in [7, 11) is 0. The van der Waals surface area contributed by atoms with Gasteiger partial charge in [-0.1, -0.05) is 0 Å². The van der Waals surface area contributed by atoms with Gasteiger partial charge < -0.3 is 11.5 Å². The van der Waals surface area contributed by atoms with Gasteiger partial charge in [0, 0.05) is 0 Å². The van der Waals surface area contributed by atoms with Crippen LogP contribution in [0, 0.1) is 0 Å². The summed E-state index contributed by atoms with van der Waals surface area (Å²) in [4.78, 5) is 0. The monoisotopic (exact) mass is 136 g/mol. The van der Waals surface area contributed by atoms with E-state index in [0.717, 1.165) is 0 Å². The average Bonchev–Trinajstić information content (AvgIpc) is 1.27. The molecule has 0 saturated heterocycles. The molecule has 0 fully saturated rings. The number of nitrogens with two attached hydrogens (primary N) is 2. The SMILES string of the molecule is NC(N)=CC(S)S. The fraction of sp³-hybridized carbons (Fsp3) is 0.333. The van der Waals surface area contributed by atoms with Gasteiger partial charge in [0.25, 0.3) is 0 Å². The zero-order chi connectivity index (χ0) is 5.86. The summed E-state index contributed by atoms with van der Waals surface area (Å²) in [6.45, 7) is 0. The first kappa shape index (κ1) is 7.04. The molecule has 0 bridgehead atoms. The Kier molecular flexibility index (Phi) is 3.11. The van der Waals surface area contributed by atoms with Crippen LogP contribution in [0.3, 0.4) is 0 Å². The Balaban J connectivity index is 3.45. The van der Waals surface area contributed by atoms with Crippen molar-refractivity contribution in [2.75, 3.05) is 0 Å². The molecule has 0 unspecified atom stereocenters. The largest absolute Gasteiger partial charge is 0.386 e. The second-order valence-corrected chi connectivity index (χ2v) is 2.60. The molecule has 0 aromatic carbocycles. The molecule has 2 nitrogen and oxygen atoms in total. The van der Waals surface area contributed by atoms with Crippen molar-refractivity contribution >= 4 is 25.3 Å². The fourth-order valence-corrected chi connectivity index (χ4v) is 0.516. The van der Waals surface area contributed by atoms with Crippen LogP contribution in [0.2, 0.25) is 0 Å². The molecule has 0 amide bonds. The van der Waals surface area contributed by atoms with Crippen LogP contribution in [0.25, 0.3) is 0 Å². The van der Waals surface area contributed by atoms with Crippen molar-refractivity contribution in [3.8, 4) is 0 Å². The minimum atomic E-state index is -0.148. The fourth-order valence-electron chi connectivity index (χ4n) is 0.172. The van der Waals surface area contributed by atoms with E-state index in [1.54, 1.807) is 0 Å². The highest BCUT2D eigenvalue weighted by Crippen LogP contribution is 1.99. The van der Waals surface area contributed by atoms with E-state index in [1.165, 1.54) is 6.08 Å². The van der Waals surface area contributed by atoms with Gasteiger partial charge in [0.05, 0.1) is 10.4 Å². The molecule has 0 radical (unpaired) electrons. The summed E-state index contributed by atoms with van der Waals surface area (Å²) in [5, 5.41) is 0. The van der Waals surface area contributed by atoms with Crippen LogP contribution in [0.1, 0.15) is 0 Å². The van der Waals surface area contributed by atoms with Crippen molar-refractivity contribution in [1.82, 2.24) is 0 Å². The summed E-state index contributed by atoms with van der Waals surface area (Å²) in [6, 6.07) is 0. The molecular weight excluding hydrogens is 128 g/mol. The van der Waals surface area contributed by atoms with Gasteiger partial charge in [0.15, 0.2) is 0 Å². The average molecular weight is 136 g/mol. The minimum Gasteiger partial charge on any atom is -0.386 e. The molecule has 42 valence electrons. The van der Waals surface area contributed by atoms with Crippen molar-refractivity contribution in [2.24, 2.45) is 11.5 Å². The maximum Gasteiger partial charge on any atom is 0.0911 e. The highest BCUT2D eigenvalue weighted by Gasteiger charge is 1.85. The van der Waals surface area contributed by atoms with E-state index in [-0.39, 0.29) is 10.4 Å². The first-order valence-electron chi connectivity index (χ1n) is 1.72.